The molecule has 0 bridgehead atoms. The highest BCUT2D eigenvalue weighted by atomic mass is 16.6. The number of benzene rings is 2. The van der Waals surface area contributed by atoms with Crippen LogP contribution >= 0.6 is 0 Å². The molecule has 0 fully saturated rings. The maximum Gasteiger partial charge on any atom is 0.296 e. The second kappa shape index (κ2) is 8.82. The molecule has 0 saturated heterocycles. The van der Waals surface area contributed by atoms with Gasteiger partial charge in [-0.1, -0.05) is 12.1 Å². The molecular weight excluding hydrogens is 338 g/mol. The minimum atomic E-state index is -0.557. The Morgan fingerprint density at radius 1 is 1.15 bits per heavy atom. The predicted octanol–water partition coefficient (Wildman–Crippen LogP) is 2.68. The summed E-state index contributed by atoms with van der Waals surface area (Å²) in [4.78, 5) is 24.7. The molecule has 0 aliphatic heterocycles. The summed E-state index contributed by atoms with van der Waals surface area (Å²) in [7, 11) is 4.81. The van der Waals surface area contributed by atoms with E-state index in [4.69, 9.17) is 9.47 Å². The Bertz CT molecular complexity index is 794. The van der Waals surface area contributed by atoms with Gasteiger partial charge in [0.25, 0.3) is 5.69 Å². The molecule has 1 amide bonds. The molecular formula is C18H21N3O5. The maximum absolute atomic E-state index is 12.2. The standard InChI is InChI=1S/C18H21N3O5/c1-20(11-13-5-4-6-14(9-13)25-2)12-18(22)19-16-8-7-15(26-3)10-17(16)21(23)24/h4-10H,11-12H2,1-3H3,(H,19,22). The SMILES string of the molecule is COc1cccc(CN(C)CC(=O)Nc2ccc(OC)cc2[N+](=O)[O-])c1. The minimum Gasteiger partial charge on any atom is -0.497 e. The molecule has 1 N–H and O–H groups in total. The molecule has 0 unspecified atom stereocenters. The first-order valence-electron chi connectivity index (χ1n) is 7.86. The van der Waals surface area contributed by atoms with E-state index in [2.05, 4.69) is 5.32 Å². The number of anilines is 1. The number of likely N-dealkylation sites (N-methyl/N-ethyl adjacent to an activating group) is 1. The van der Waals surface area contributed by atoms with Crippen LogP contribution in [0.4, 0.5) is 11.4 Å². The Labute approximate surface area is 151 Å². The van der Waals surface area contributed by atoms with E-state index >= 15 is 0 Å². The number of nitrogens with zero attached hydrogens (tertiary/aromatic N) is 2. The topological polar surface area (TPSA) is 93.9 Å². The number of carbonyl (C=O) groups excluding carboxylic acids is 1. The molecule has 0 aliphatic rings. The van der Waals surface area contributed by atoms with Gasteiger partial charge in [-0.2, -0.15) is 0 Å². The van der Waals surface area contributed by atoms with Crippen molar-refractivity contribution in [1.29, 1.82) is 0 Å². The summed E-state index contributed by atoms with van der Waals surface area (Å²) in [5, 5.41) is 13.8. The zero-order valence-corrected chi connectivity index (χ0v) is 14.9. The number of carbonyl (C=O) groups is 1. The zero-order valence-electron chi connectivity index (χ0n) is 14.9. The Morgan fingerprint density at radius 2 is 1.85 bits per heavy atom. The van der Waals surface area contributed by atoms with Crippen LogP contribution < -0.4 is 14.8 Å². The summed E-state index contributed by atoms with van der Waals surface area (Å²) in [6.45, 7) is 0.621. The van der Waals surface area contributed by atoms with Gasteiger partial charge in [-0.3, -0.25) is 19.8 Å². The van der Waals surface area contributed by atoms with Gasteiger partial charge in [-0.25, -0.2) is 0 Å². The Balaban J connectivity index is 2.00. The van der Waals surface area contributed by atoms with Crippen molar-refractivity contribution in [2.75, 3.05) is 33.1 Å². The van der Waals surface area contributed by atoms with E-state index in [1.54, 1.807) is 25.1 Å². The third-order valence-electron chi connectivity index (χ3n) is 3.68. The summed E-state index contributed by atoms with van der Waals surface area (Å²) >= 11 is 0. The summed E-state index contributed by atoms with van der Waals surface area (Å²) in [6, 6.07) is 11.8. The third kappa shape index (κ3) is 5.18. The monoisotopic (exact) mass is 359 g/mol. The van der Waals surface area contributed by atoms with Gasteiger partial charge >= 0.3 is 0 Å². The zero-order chi connectivity index (χ0) is 19.1. The molecule has 2 aromatic carbocycles. The van der Waals surface area contributed by atoms with Crippen molar-refractivity contribution in [3.63, 3.8) is 0 Å². The van der Waals surface area contributed by atoms with Crippen LogP contribution in [0.25, 0.3) is 0 Å². The molecule has 0 atom stereocenters. The Morgan fingerprint density at radius 3 is 2.50 bits per heavy atom. The largest absolute Gasteiger partial charge is 0.497 e. The summed E-state index contributed by atoms with van der Waals surface area (Å²) < 4.78 is 10.2. The quantitative estimate of drug-likeness (QED) is 0.575. The van der Waals surface area contributed by atoms with Gasteiger partial charge in [0.2, 0.25) is 5.91 Å². The first-order chi connectivity index (χ1) is 12.4. The molecule has 8 heteroatoms. The molecule has 0 spiro atoms. The van der Waals surface area contributed by atoms with Crippen molar-refractivity contribution < 1.29 is 19.2 Å². The Kier molecular flexibility index (Phi) is 6.51. The van der Waals surface area contributed by atoms with Crippen LogP contribution in [0, 0.1) is 10.1 Å². The fourth-order valence-electron chi connectivity index (χ4n) is 2.47. The summed E-state index contributed by atoms with van der Waals surface area (Å²) in [5.74, 6) is 0.753. The Hall–Kier alpha value is -3.13. The highest BCUT2D eigenvalue weighted by molar-refractivity contribution is 5.94. The average Bonchev–Trinajstić information content (AvgIpc) is 2.61. The smallest absolute Gasteiger partial charge is 0.296 e. The van der Waals surface area contributed by atoms with E-state index < -0.39 is 4.92 Å². The van der Waals surface area contributed by atoms with Crippen molar-refractivity contribution >= 4 is 17.3 Å². The van der Waals surface area contributed by atoms with E-state index in [0.29, 0.717) is 12.3 Å². The second-order valence-corrected chi connectivity index (χ2v) is 5.71. The van der Waals surface area contributed by atoms with Gasteiger partial charge in [0.05, 0.1) is 31.8 Å². The molecule has 0 heterocycles. The van der Waals surface area contributed by atoms with Gasteiger partial charge in [0.1, 0.15) is 17.2 Å². The van der Waals surface area contributed by atoms with Crippen LogP contribution in [-0.2, 0) is 11.3 Å². The van der Waals surface area contributed by atoms with Crippen LogP contribution in [0.15, 0.2) is 42.5 Å². The molecule has 138 valence electrons. The highest BCUT2D eigenvalue weighted by Gasteiger charge is 2.18. The minimum absolute atomic E-state index is 0.0837. The number of amides is 1. The van der Waals surface area contributed by atoms with Crippen LogP contribution in [0.5, 0.6) is 11.5 Å². The highest BCUT2D eigenvalue weighted by Crippen LogP contribution is 2.28. The van der Waals surface area contributed by atoms with E-state index in [1.807, 2.05) is 24.3 Å². The molecule has 2 rings (SSSR count). The number of rotatable bonds is 8. The molecule has 0 aliphatic carbocycles. The number of methoxy groups -OCH3 is 2. The van der Waals surface area contributed by atoms with Crippen molar-refractivity contribution in [3.05, 3.63) is 58.1 Å². The molecule has 26 heavy (non-hydrogen) atoms. The van der Waals surface area contributed by atoms with Crippen LogP contribution in [0.1, 0.15) is 5.56 Å². The fraction of sp³-hybridized carbons (Fsp3) is 0.278. The van der Waals surface area contributed by atoms with Crippen LogP contribution in [-0.4, -0.2) is 43.5 Å². The van der Waals surface area contributed by atoms with Gasteiger partial charge in [0.15, 0.2) is 0 Å². The predicted molar refractivity (Wildman–Crippen MR) is 97.6 cm³/mol. The lowest BCUT2D eigenvalue weighted by molar-refractivity contribution is -0.384. The lowest BCUT2D eigenvalue weighted by atomic mass is 10.2. The van der Waals surface area contributed by atoms with Crippen molar-refractivity contribution in [2.45, 2.75) is 6.54 Å². The van der Waals surface area contributed by atoms with Gasteiger partial charge in [0, 0.05) is 6.54 Å². The number of nitro groups is 1. The van der Waals surface area contributed by atoms with Crippen LogP contribution in [0.3, 0.4) is 0 Å². The van der Waals surface area contributed by atoms with E-state index in [1.165, 1.54) is 19.2 Å². The van der Waals surface area contributed by atoms with Gasteiger partial charge in [-0.15, -0.1) is 0 Å². The molecule has 2 aromatic rings. The number of nitro benzene ring substituents is 1. The van der Waals surface area contributed by atoms with Crippen molar-refractivity contribution in [2.24, 2.45) is 0 Å². The van der Waals surface area contributed by atoms with Crippen LogP contribution in [0.2, 0.25) is 0 Å². The van der Waals surface area contributed by atoms with Crippen molar-refractivity contribution in [3.8, 4) is 11.5 Å². The summed E-state index contributed by atoms with van der Waals surface area (Å²) in [6.07, 6.45) is 0. The lowest BCUT2D eigenvalue weighted by Crippen LogP contribution is -2.30. The molecule has 0 aromatic heterocycles. The van der Waals surface area contributed by atoms with Gasteiger partial charge < -0.3 is 14.8 Å². The molecule has 0 saturated carbocycles. The molecule has 8 nitrogen and oxygen atoms in total. The normalized spacial score (nSPS) is 10.5. The van der Waals surface area contributed by atoms with E-state index in [9.17, 15) is 14.9 Å². The lowest BCUT2D eigenvalue weighted by Gasteiger charge is -2.17. The number of ether oxygens (including phenoxy) is 2. The second-order valence-electron chi connectivity index (χ2n) is 5.71. The first-order valence-corrected chi connectivity index (χ1v) is 7.86. The molecule has 0 radical (unpaired) electrons. The number of hydrogen-bond donors (Lipinski definition) is 1. The van der Waals surface area contributed by atoms with E-state index in [0.717, 1.165) is 11.3 Å². The summed E-state index contributed by atoms with van der Waals surface area (Å²) in [5.41, 5.74) is 0.916. The van der Waals surface area contributed by atoms with E-state index in [-0.39, 0.29) is 23.8 Å². The average molecular weight is 359 g/mol. The number of nitrogens with one attached hydrogen (secondary N) is 1. The third-order valence-corrected chi connectivity index (χ3v) is 3.68. The maximum atomic E-state index is 12.2. The first kappa shape index (κ1) is 19.2. The fourth-order valence-corrected chi connectivity index (χ4v) is 2.47. The van der Waals surface area contributed by atoms with Gasteiger partial charge in [-0.05, 0) is 36.9 Å². The van der Waals surface area contributed by atoms with Crippen molar-refractivity contribution in [1.82, 2.24) is 4.90 Å². The number of hydrogen-bond acceptors (Lipinski definition) is 6.